The number of nitrogens with zero attached hydrogens (tertiary/aromatic N) is 1. The first kappa shape index (κ1) is 26.5. The number of carbonyl (C=O) groups is 3. The van der Waals surface area contributed by atoms with Crippen molar-refractivity contribution in [1.82, 2.24) is 5.32 Å². The van der Waals surface area contributed by atoms with Crippen molar-refractivity contribution < 1.29 is 27.9 Å². The van der Waals surface area contributed by atoms with Gasteiger partial charge in [-0.15, -0.1) is 0 Å². The summed E-state index contributed by atoms with van der Waals surface area (Å²) in [4.78, 5) is 39.5. The van der Waals surface area contributed by atoms with Gasteiger partial charge in [-0.05, 0) is 49.4 Å². The minimum absolute atomic E-state index is 0.115. The lowest BCUT2D eigenvalue weighted by Crippen LogP contribution is -2.33. The van der Waals surface area contributed by atoms with Crippen molar-refractivity contribution in [2.45, 2.75) is 19.3 Å². The number of benzene rings is 3. The van der Waals surface area contributed by atoms with Crippen LogP contribution in [0.1, 0.15) is 39.6 Å². The second kappa shape index (κ2) is 11.2. The van der Waals surface area contributed by atoms with E-state index in [1.54, 1.807) is 54.6 Å². The number of fused-ring (bicyclic) bond motifs is 1. The van der Waals surface area contributed by atoms with E-state index in [1.165, 1.54) is 30.1 Å². The van der Waals surface area contributed by atoms with Crippen LogP contribution >= 0.6 is 0 Å². The van der Waals surface area contributed by atoms with Gasteiger partial charge in [0.25, 0.3) is 17.7 Å². The van der Waals surface area contributed by atoms with Crippen molar-refractivity contribution >= 4 is 34.7 Å². The number of para-hydroxylation sites is 2. The average Bonchev–Trinajstić information content (AvgIpc) is 3.03. The summed E-state index contributed by atoms with van der Waals surface area (Å²) >= 11 is 0. The zero-order valence-electron chi connectivity index (χ0n) is 21.0. The van der Waals surface area contributed by atoms with Crippen LogP contribution in [0.4, 0.5) is 20.2 Å². The van der Waals surface area contributed by atoms with Crippen molar-refractivity contribution in [3.05, 3.63) is 95.6 Å². The molecule has 2 N–H and O–H groups in total. The van der Waals surface area contributed by atoms with E-state index < -0.39 is 29.7 Å². The molecule has 4 rings (SSSR count). The number of anilines is 2. The van der Waals surface area contributed by atoms with Gasteiger partial charge in [-0.2, -0.15) is 0 Å². The summed E-state index contributed by atoms with van der Waals surface area (Å²) in [6.07, 6.45) is 0.234. The number of alkyl halides is 2. The Balaban J connectivity index is 1.59. The van der Waals surface area contributed by atoms with Crippen LogP contribution in [0, 0.1) is 0 Å². The van der Waals surface area contributed by atoms with E-state index in [0.717, 1.165) is 6.08 Å². The quantitative estimate of drug-likeness (QED) is 0.441. The molecule has 0 radical (unpaired) electrons. The van der Waals surface area contributed by atoms with Crippen LogP contribution in [0.2, 0.25) is 0 Å². The molecule has 38 heavy (non-hydrogen) atoms. The van der Waals surface area contributed by atoms with Gasteiger partial charge < -0.3 is 20.3 Å². The van der Waals surface area contributed by atoms with Gasteiger partial charge in [-0.3, -0.25) is 14.4 Å². The standard InChI is InChI=1S/C29H27F2N3O4/c1-3-38-25-11-7-5-9-22(25)27(36)33-20-14-12-19(13-15-20)28(37)34-17-16-29(30,31)23(18-26(35)32-2)21-8-4-6-10-24(21)34/h4-15,18H,3,16-17H2,1-2H3,(H,32,35)(H,33,36)/b23-18-. The van der Waals surface area contributed by atoms with Crippen LogP contribution in [0.5, 0.6) is 5.75 Å². The molecule has 0 atom stereocenters. The molecule has 0 unspecified atom stereocenters. The first-order valence-corrected chi connectivity index (χ1v) is 12.1. The minimum Gasteiger partial charge on any atom is -0.493 e. The van der Waals surface area contributed by atoms with Gasteiger partial charge in [-0.1, -0.05) is 30.3 Å². The third-order valence-corrected chi connectivity index (χ3v) is 6.12. The molecule has 1 aliphatic heterocycles. The molecule has 3 amide bonds. The van der Waals surface area contributed by atoms with Crippen molar-refractivity contribution in [2.75, 3.05) is 30.4 Å². The van der Waals surface area contributed by atoms with Crippen LogP contribution < -0.4 is 20.3 Å². The number of halogens is 2. The molecule has 3 aromatic carbocycles. The second-order valence-corrected chi connectivity index (χ2v) is 8.56. The molecular formula is C29H27F2N3O4. The Morgan fingerprint density at radius 3 is 2.39 bits per heavy atom. The largest absolute Gasteiger partial charge is 0.493 e. The number of hydrogen-bond acceptors (Lipinski definition) is 4. The third-order valence-electron chi connectivity index (χ3n) is 6.12. The number of carbonyl (C=O) groups excluding carboxylic acids is 3. The van der Waals surface area contributed by atoms with Gasteiger partial charge in [0.05, 0.1) is 17.9 Å². The maximum Gasteiger partial charge on any atom is 0.275 e. The number of nitrogens with one attached hydrogen (secondary N) is 2. The highest BCUT2D eigenvalue weighted by atomic mass is 19.3. The summed E-state index contributed by atoms with van der Waals surface area (Å²) in [5.41, 5.74) is 1.05. The smallest absolute Gasteiger partial charge is 0.275 e. The SMILES string of the molecule is CCOc1ccccc1C(=O)Nc1ccc(C(=O)N2CCC(F)(F)/C(=C\C(=O)NC)c3ccccc32)cc1. The maximum atomic E-state index is 15.1. The summed E-state index contributed by atoms with van der Waals surface area (Å²) in [6.45, 7) is 1.99. The minimum atomic E-state index is -3.32. The van der Waals surface area contributed by atoms with Crippen molar-refractivity contribution in [1.29, 1.82) is 0 Å². The van der Waals surface area contributed by atoms with E-state index in [4.69, 9.17) is 4.74 Å². The lowest BCUT2D eigenvalue weighted by molar-refractivity contribution is -0.116. The number of hydrogen-bond donors (Lipinski definition) is 2. The number of ether oxygens (including phenoxy) is 1. The molecule has 0 fully saturated rings. The fraction of sp³-hybridized carbons (Fsp3) is 0.207. The fourth-order valence-electron chi connectivity index (χ4n) is 4.22. The van der Waals surface area contributed by atoms with Crippen LogP contribution in [0.25, 0.3) is 5.57 Å². The van der Waals surface area contributed by atoms with Gasteiger partial charge >= 0.3 is 0 Å². The van der Waals surface area contributed by atoms with Crippen molar-refractivity contribution in [3.63, 3.8) is 0 Å². The Bertz CT molecular complexity index is 1390. The molecule has 196 valence electrons. The topological polar surface area (TPSA) is 87.7 Å². The first-order chi connectivity index (χ1) is 18.2. The first-order valence-electron chi connectivity index (χ1n) is 12.1. The second-order valence-electron chi connectivity index (χ2n) is 8.56. The highest BCUT2D eigenvalue weighted by Gasteiger charge is 2.41. The van der Waals surface area contributed by atoms with Gasteiger partial charge in [0.15, 0.2) is 0 Å². The summed E-state index contributed by atoms with van der Waals surface area (Å²) in [6, 6.07) is 19.4. The Morgan fingerprint density at radius 1 is 1.00 bits per heavy atom. The van der Waals surface area contributed by atoms with Crippen LogP contribution in [-0.2, 0) is 4.79 Å². The molecule has 0 bridgehead atoms. The molecule has 1 heterocycles. The molecule has 0 aliphatic carbocycles. The Hall–Kier alpha value is -4.53. The lowest BCUT2D eigenvalue weighted by atomic mass is 9.97. The molecule has 1 aliphatic rings. The normalized spacial score (nSPS) is 15.3. The van der Waals surface area contributed by atoms with Crippen molar-refractivity contribution in [2.24, 2.45) is 0 Å². The van der Waals surface area contributed by atoms with Crippen LogP contribution in [0.15, 0.2) is 78.9 Å². The van der Waals surface area contributed by atoms with Gasteiger partial charge in [0.2, 0.25) is 5.91 Å². The van der Waals surface area contributed by atoms with E-state index in [9.17, 15) is 14.4 Å². The van der Waals surface area contributed by atoms with E-state index in [2.05, 4.69) is 10.6 Å². The van der Waals surface area contributed by atoms with Crippen LogP contribution in [-0.4, -0.2) is 43.8 Å². The Labute approximate surface area is 219 Å². The highest BCUT2D eigenvalue weighted by molar-refractivity contribution is 6.10. The summed E-state index contributed by atoms with van der Waals surface area (Å²) < 4.78 is 35.7. The maximum absolute atomic E-state index is 15.1. The summed E-state index contributed by atoms with van der Waals surface area (Å²) in [5, 5.41) is 5.11. The molecule has 9 heteroatoms. The predicted octanol–water partition coefficient (Wildman–Crippen LogP) is 5.15. The number of likely N-dealkylation sites (N-methyl/N-ethyl adjacent to an activating group) is 1. The third kappa shape index (κ3) is 5.56. The summed E-state index contributed by atoms with van der Waals surface area (Å²) in [7, 11) is 1.36. The van der Waals surface area contributed by atoms with Gasteiger partial charge in [-0.25, -0.2) is 8.78 Å². The number of rotatable bonds is 6. The Morgan fingerprint density at radius 2 is 1.68 bits per heavy atom. The van der Waals surface area contributed by atoms with Crippen molar-refractivity contribution in [3.8, 4) is 5.75 Å². The van der Waals surface area contributed by atoms with E-state index in [-0.39, 0.29) is 29.3 Å². The average molecular weight is 520 g/mol. The van der Waals surface area contributed by atoms with Crippen LogP contribution in [0.3, 0.4) is 0 Å². The van der Waals surface area contributed by atoms with E-state index >= 15 is 8.78 Å². The fourth-order valence-corrected chi connectivity index (χ4v) is 4.22. The molecular weight excluding hydrogens is 492 g/mol. The highest BCUT2D eigenvalue weighted by Crippen LogP contribution is 2.43. The number of amides is 3. The molecule has 0 spiro atoms. The van der Waals surface area contributed by atoms with E-state index in [0.29, 0.717) is 23.6 Å². The lowest BCUT2D eigenvalue weighted by Gasteiger charge is -2.23. The zero-order chi connectivity index (χ0) is 27.3. The zero-order valence-corrected chi connectivity index (χ0v) is 21.0. The molecule has 3 aromatic rings. The molecule has 0 aromatic heterocycles. The van der Waals surface area contributed by atoms with Gasteiger partial charge in [0, 0.05) is 48.5 Å². The Kier molecular flexibility index (Phi) is 7.85. The van der Waals surface area contributed by atoms with E-state index in [1.807, 2.05) is 6.92 Å². The summed E-state index contributed by atoms with van der Waals surface area (Å²) in [5.74, 6) is -4.36. The monoisotopic (exact) mass is 519 g/mol. The molecule has 7 nitrogen and oxygen atoms in total. The number of allylic oxidation sites excluding steroid dienone is 1. The van der Waals surface area contributed by atoms with Gasteiger partial charge in [0.1, 0.15) is 5.75 Å². The molecule has 0 saturated heterocycles. The molecule has 0 saturated carbocycles. The predicted molar refractivity (Wildman–Crippen MR) is 142 cm³/mol.